The minimum atomic E-state index is -1.47. The highest BCUT2D eigenvalue weighted by Crippen LogP contribution is 2.38. The number of fused-ring (bicyclic) bond motifs is 5. The van der Waals surface area contributed by atoms with Gasteiger partial charge in [-0.3, -0.25) is 28.8 Å². The molecule has 1 aliphatic rings. The van der Waals surface area contributed by atoms with E-state index >= 15 is 0 Å². The third-order valence-corrected chi connectivity index (χ3v) is 11.3. The van der Waals surface area contributed by atoms with E-state index in [1.165, 1.54) is 90.0 Å². The fraction of sp³-hybridized carbons (Fsp3) is 0.568. The molecule has 61 heavy (non-hydrogen) atoms. The van der Waals surface area contributed by atoms with Crippen LogP contribution in [0, 0.1) is 5.92 Å². The highest BCUT2D eigenvalue weighted by atomic mass is 16.4. The quantitative estimate of drug-likeness (QED) is 0.0899. The van der Waals surface area contributed by atoms with Crippen LogP contribution in [0.5, 0.6) is 11.5 Å². The standard InChI is InChI=1S/C44H64N6O11/c1-7-26(2)15-13-11-9-8-10-12-14-16-37(54)49(5)34(25-51)42(58)46-27(3)40(56)45-24-38(55)50(6)39-30-18-20-36(53)32(23-30)31-21-29(17-19-35(31)52)22-33(44(60)61)48-41(57)28(4)47-43(39)59/h17-21,23,26-28,33-34,39,51-53H,7-16,22,24-25H2,1-6H3,(H,45,56)(H,46,58)(H,47,59)(H,48,57)(H,60,61). The molecule has 0 fully saturated rings. The SMILES string of the molecule is CCC(C)CCCCCCCCCC(=O)N(C)C(CO)C(=O)NC(C)C(=O)NCC(=O)N(C)C1C(=O)NC(C)C(=O)NC(C(=O)O)Cc2ccc(O)c(c2)-c2cc1ccc2O. The zero-order chi connectivity index (χ0) is 45.4. The molecule has 1 heterocycles. The molecule has 3 rings (SSSR count). The number of phenols is 2. The van der Waals surface area contributed by atoms with Crippen molar-refractivity contribution in [2.45, 2.75) is 129 Å². The summed E-state index contributed by atoms with van der Waals surface area (Å²) in [5.41, 5.74) is 0.724. The molecule has 6 atom stereocenters. The molecule has 0 aromatic heterocycles. The number of amides is 6. The van der Waals surface area contributed by atoms with Gasteiger partial charge in [-0.15, -0.1) is 0 Å². The lowest BCUT2D eigenvalue weighted by molar-refractivity contribution is -0.143. The maximum Gasteiger partial charge on any atom is 0.326 e. The highest BCUT2D eigenvalue weighted by molar-refractivity contribution is 5.96. The first kappa shape index (κ1) is 49.7. The Bertz CT molecular complexity index is 1870. The fourth-order valence-corrected chi connectivity index (χ4v) is 7.05. The van der Waals surface area contributed by atoms with Crippen LogP contribution in [0.2, 0.25) is 0 Å². The van der Waals surface area contributed by atoms with E-state index in [2.05, 4.69) is 35.1 Å². The van der Waals surface area contributed by atoms with Gasteiger partial charge in [0.15, 0.2) is 0 Å². The number of carbonyl (C=O) groups is 7. The zero-order valence-electron chi connectivity index (χ0n) is 36.2. The van der Waals surface area contributed by atoms with Gasteiger partial charge in [-0.1, -0.05) is 77.3 Å². The van der Waals surface area contributed by atoms with Crippen molar-refractivity contribution in [2.75, 3.05) is 27.2 Å². The van der Waals surface area contributed by atoms with E-state index in [9.17, 15) is 54.0 Å². The Kier molecular flexibility index (Phi) is 19.5. The molecule has 8 N–H and O–H groups in total. The van der Waals surface area contributed by atoms with E-state index in [1.54, 1.807) is 0 Å². The molecular weight excluding hydrogens is 789 g/mol. The molecule has 0 saturated heterocycles. The lowest BCUT2D eigenvalue weighted by Gasteiger charge is -2.30. The van der Waals surface area contributed by atoms with Crippen LogP contribution in [-0.2, 0) is 40.0 Å². The average Bonchev–Trinajstić information content (AvgIpc) is 3.22. The molecule has 1 aliphatic heterocycles. The molecule has 17 nitrogen and oxygen atoms in total. The van der Waals surface area contributed by atoms with Crippen LogP contribution < -0.4 is 21.3 Å². The van der Waals surface area contributed by atoms with Gasteiger partial charge in [0.2, 0.25) is 35.4 Å². The summed E-state index contributed by atoms with van der Waals surface area (Å²) < 4.78 is 0. The summed E-state index contributed by atoms with van der Waals surface area (Å²) in [4.78, 5) is 93.9. The van der Waals surface area contributed by atoms with Gasteiger partial charge in [0.1, 0.15) is 41.7 Å². The van der Waals surface area contributed by atoms with Crippen molar-refractivity contribution in [1.29, 1.82) is 0 Å². The maximum absolute atomic E-state index is 13.9. The number of aliphatic hydroxyl groups is 1. The van der Waals surface area contributed by atoms with Gasteiger partial charge < -0.3 is 51.5 Å². The summed E-state index contributed by atoms with van der Waals surface area (Å²) in [6.45, 7) is 5.84. The molecule has 0 spiro atoms. The van der Waals surface area contributed by atoms with Crippen molar-refractivity contribution < 1.29 is 54.0 Å². The first-order valence-corrected chi connectivity index (χ1v) is 21.1. The van der Waals surface area contributed by atoms with Gasteiger partial charge in [0.05, 0.1) is 13.2 Å². The minimum absolute atomic E-state index is 0.0662. The first-order valence-electron chi connectivity index (χ1n) is 21.1. The van der Waals surface area contributed by atoms with Crippen LogP contribution >= 0.6 is 0 Å². The zero-order valence-corrected chi connectivity index (χ0v) is 36.2. The summed E-state index contributed by atoms with van der Waals surface area (Å²) in [6.07, 6.45) is 9.70. The Balaban J connectivity index is 1.65. The van der Waals surface area contributed by atoms with Crippen LogP contribution in [0.3, 0.4) is 0 Å². The lowest BCUT2D eigenvalue weighted by Crippen LogP contribution is -2.55. The number of likely N-dealkylation sites (N-methyl/N-ethyl adjacent to an activating group) is 2. The number of nitrogens with one attached hydrogen (secondary N) is 4. The molecule has 2 aromatic carbocycles. The number of carboxylic acids is 1. The van der Waals surface area contributed by atoms with Crippen molar-refractivity contribution in [3.05, 3.63) is 47.5 Å². The topological polar surface area (TPSA) is 255 Å². The van der Waals surface area contributed by atoms with Crippen molar-refractivity contribution in [1.82, 2.24) is 31.1 Å². The lowest BCUT2D eigenvalue weighted by atomic mass is 9.94. The Morgan fingerprint density at radius 2 is 1.43 bits per heavy atom. The van der Waals surface area contributed by atoms with Crippen LogP contribution in [0.1, 0.15) is 109 Å². The number of benzene rings is 2. The number of aliphatic hydroxyl groups excluding tert-OH is 1. The van der Waals surface area contributed by atoms with Crippen molar-refractivity contribution >= 4 is 41.4 Å². The van der Waals surface area contributed by atoms with Crippen LogP contribution in [0.25, 0.3) is 11.1 Å². The second kappa shape index (κ2) is 23.9. The Hall–Kier alpha value is -5.71. The number of hydrogen-bond donors (Lipinski definition) is 8. The maximum atomic E-state index is 13.9. The average molecular weight is 853 g/mol. The monoisotopic (exact) mass is 852 g/mol. The second-order valence-corrected chi connectivity index (χ2v) is 16.0. The van der Waals surface area contributed by atoms with E-state index in [1.807, 2.05) is 0 Å². The number of aromatic hydroxyl groups is 2. The molecule has 2 aromatic rings. The molecule has 6 amide bonds. The molecule has 4 bridgehead atoms. The van der Waals surface area contributed by atoms with Gasteiger partial charge in [-0.05, 0) is 61.6 Å². The first-order chi connectivity index (χ1) is 28.9. The van der Waals surface area contributed by atoms with Crippen molar-refractivity contribution in [2.24, 2.45) is 5.92 Å². The summed E-state index contributed by atoms with van der Waals surface area (Å²) in [6, 6.07) is 1.62. The molecule has 17 heteroatoms. The predicted octanol–water partition coefficient (Wildman–Crippen LogP) is 2.89. The molecule has 0 radical (unpaired) electrons. The fourth-order valence-electron chi connectivity index (χ4n) is 7.05. The normalized spacial score (nSPS) is 18.0. The summed E-state index contributed by atoms with van der Waals surface area (Å²) in [5, 5.41) is 51.2. The van der Waals surface area contributed by atoms with E-state index in [4.69, 9.17) is 0 Å². The van der Waals surface area contributed by atoms with Crippen molar-refractivity contribution in [3.8, 4) is 22.6 Å². The Labute approximate surface area is 357 Å². The third-order valence-electron chi connectivity index (χ3n) is 11.3. The minimum Gasteiger partial charge on any atom is -0.507 e. The van der Waals surface area contributed by atoms with Gasteiger partial charge in [-0.25, -0.2) is 4.79 Å². The number of carboxylic acid groups (broad SMARTS) is 1. The summed E-state index contributed by atoms with van der Waals surface area (Å²) >= 11 is 0. The van der Waals surface area contributed by atoms with Crippen molar-refractivity contribution in [3.63, 3.8) is 0 Å². The smallest absolute Gasteiger partial charge is 0.326 e. The number of nitrogens with zero attached hydrogens (tertiary/aromatic N) is 2. The third kappa shape index (κ3) is 14.5. The van der Waals surface area contributed by atoms with Crippen LogP contribution in [0.15, 0.2) is 36.4 Å². The highest BCUT2D eigenvalue weighted by Gasteiger charge is 2.34. The number of phenolic OH excluding ortho intramolecular Hbond substituents is 2. The summed E-state index contributed by atoms with van der Waals surface area (Å²) in [7, 11) is 2.69. The van der Waals surface area contributed by atoms with E-state index < -0.39 is 78.9 Å². The van der Waals surface area contributed by atoms with E-state index in [-0.39, 0.29) is 46.9 Å². The Morgan fingerprint density at radius 1 is 0.820 bits per heavy atom. The van der Waals surface area contributed by atoms with Crippen LogP contribution in [0.4, 0.5) is 0 Å². The molecule has 0 saturated carbocycles. The van der Waals surface area contributed by atoms with Gasteiger partial charge in [-0.2, -0.15) is 0 Å². The predicted molar refractivity (Wildman–Crippen MR) is 227 cm³/mol. The van der Waals surface area contributed by atoms with Gasteiger partial charge >= 0.3 is 5.97 Å². The number of unbranched alkanes of at least 4 members (excludes halogenated alkanes) is 6. The second-order valence-electron chi connectivity index (χ2n) is 16.0. The number of aliphatic carboxylic acids is 1. The molecule has 336 valence electrons. The molecule has 6 unspecified atom stereocenters. The summed E-state index contributed by atoms with van der Waals surface area (Å²) in [5.74, 6) is -5.49. The number of hydrogen-bond acceptors (Lipinski definition) is 10. The number of carbonyl (C=O) groups excluding carboxylic acids is 6. The molecule has 0 aliphatic carbocycles. The van der Waals surface area contributed by atoms with Crippen LogP contribution in [-0.4, -0.2) is 123 Å². The molecular formula is C44H64N6O11. The van der Waals surface area contributed by atoms with Gasteiger partial charge in [0.25, 0.3) is 0 Å². The van der Waals surface area contributed by atoms with E-state index in [0.717, 1.165) is 41.4 Å². The Morgan fingerprint density at radius 3 is 2.05 bits per heavy atom. The number of rotatable bonds is 20. The van der Waals surface area contributed by atoms with Gasteiger partial charge in [0, 0.05) is 38.1 Å². The largest absolute Gasteiger partial charge is 0.507 e. The van der Waals surface area contributed by atoms with E-state index in [0.29, 0.717) is 12.0 Å².